The van der Waals surface area contributed by atoms with Crippen molar-refractivity contribution < 1.29 is 4.79 Å². The minimum Gasteiger partial charge on any atom is -0.298 e. The van der Waals surface area contributed by atoms with E-state index < -0.39 is 0 Å². The average Bonchev–Trinajstić information content (AvgIpc) is 2.55. The maximum Gasteiger partial charge on any atom is 0.156 e. The van der Waals surface area contributed by atoms with Crippen molar-refractivity contribution in [1.29, 1.82) is 0 Å². The Kier molecular flexibility index (Phi) is 2.50. The minimum atomic E-state index is 0.165. The van der Waals surface area contributed by atoms with Gasteiger partial charge in [-0.05, 0) is 17.5 Å². The molecule has 2 heterocycles. The average molecular weight is 217 g/mol. The fourth-order valence-corrected chi connectivity index (χ4v) is 1.57. The summed E-state index contributed by atoms with van der Waals surface area (Å²) in [6.07, 6.45) is 3.40. The van der Waals surface area contributed by atoms with Crippen LogP contribution in [-0.2, 0) is 6.42 Å². The first kappa shape index (κ1) is 10.8. The lowest BCUT2D eigenvalue weighted by Gasteiger charge is -2.14. The molecule has 0 saturated carbocycles. The summed E-state index contributed by atoms with van der Waals surface area (Å²) in [5.41, 5.74) is 1.52. The molecule has 2 aromatic heterocycles. The number of aldehydes is 1. The summed E-state index contributed by atoms with van der Waals surface area (Å²) >= 11 is 0. The maximum absolute atomic E-state index is 10.6. The van der Waals surface area contributed by atoms with Crippen molar-refractivity contribution in [2.24, 2.45) is 5.41 Å². The van der Waals surface area contributed by atoms with Crippen molar-refractivity contribution in [2.75, 3.05) is 0 Å². The monoisotopic (exact) mass is 217 g/mol. The third kappa shape index (κ3) is 2.27. The number of pyridine rings is 1. The summed E-state index contributed by atoms with van der Waals surface area (Å²) in [5.74, 6) is 0.815. The van der Waals surface area contributed by atoms with Crippen molar-refractivity contribution >= 4 is 11.9 Å². The molecule has 0 fully saturated rings. The zero-order valence-corrected chi connectivity index (χ0v) is 9.77. The fourth-order valence-electron chi connectivity index (χ4n) is 1.57. The first-order valence-electron chi connectivity index (χ1n) is 5.28. The van der Waals surface area contributed by atoms with Crippen molar-refractivity contribution in [3.63, 3.8) is 0 Å². The first-order valence-corrected chi connectivity index (χ1v) is 5.28. The Labute approximate surface area is 94.3 Å². The lowest BCUT2D eigenvalue weighted by atomic mass is 9.92. The molecule has 2 rings (SSSR count). The Bertz CT molecular complexity index is 523. The molecule has 16 heavy (non-hydrogen) atoms. The van der Waals surface area contributed by atoms with Gasteiger partial charge in [0.1, 0.15) is 6.29 Å². The van der Waals surface area contributed by atoms with Crippen LogP contribution in [0.1, 0.15) is 37.0 Å². The predicted molar refractivity (Wildman–Crippen MR) is 61.5 cm³/mol. The van der Waals surface area contributed by atoms with Crippen LogP contribution in [0.4, 0.5) is 0 Å². The van der Waals surface area contributed by atoms with Crippen LogP contribution in [-0.4, -0.2) is 20.9 Å². The highest BCUT2D eigenvalue weighted by Crippen LogP contribution is 2.18. The molecule has 84 valence electrons. The van der Waals surface area contributed by atoms with E-state index in [0.717, 1.165) is 24.2 Å². The quantitative estimate of drug-likeness (QED) is 0.724. The van der Waals surface area contributed by atoms with E-state index in [2.05, 4.69) is 30.9 Å². The Morgan fingerprint density at radius 1 is 1.44 bits per heavy atom. The predicted octanol–water partition coefficient (Wildman–Crippen LogP) is 2.13. The molecular formula is C12H15N3O. The molecule has 0 aliphatic carbocycles. The van der Waals surface area contributed by atoms with Crippen LogP contribution in [0, 0.1) is 5.41 Å². The first-order chi connectivity index (χ1) is 7.48. The lowest BCUT2D eigenvalue weighted by Crippen LogP contribution is -2.10. The van der Waals surface area contributed by atoms with Gasteiger partial charge < -0.3 is 0 Å². The van der Waals surface area contributed by atoms with Crippen LogP contribution >= 0.6 is 0 Å². The Morgan fingerprint density at radius 2 is 2.19 bits per heavy atom. The number of carbonyl (C=O) groups is 1. The third-order valence-electron chi connectivity index (χ3n) is 2.23. The van der Waals surface area contributed by atoms with E-state index >= 15 is 0 Å². The molecule has 0 aromatic carbocycles. The molecule has 4 heteroatoms. The molecule has 0 spiro atoms. The van der Waals surface area contributed by atoms with Gasteiger partial charge in [-0.3, -0.25) is 4.79 Å². The summed E-state index contributed by atoms with van der Waals surface area (Å²) in [6.45, 7) is 6.45. The van der Waals surface area contributed by atoms with Gasteiger partial charge in [-0.2, -0.15) is 5.10 Å². The standard InChI is InChI=1S/C12H15N3O/c1-12(2,3)7-10-13-11-6-9(8-16)4-5-15(11)14-10/h4-6,8H,7H2,1-3H3. The Balaban J connectivity index is 2.40. The zero-order chi connectivity index (χ0) is 11.8. The highest BCUT2D eigenvalue weighted by Gasteiger charge is 2.15. The summed E-state index contributed by atoms with van der Waals surface area (Å²) in [7, 11) is 0. The molecule has 0 unspecified atom stereocenters. The van der Waals surface area contributed by atoms with Gasteiger partial charge in [0.25, 0.3) is 0 Å². The molecule has 0 aliphatic heterocycles. The minimum absolute atomic E-state index is 0.165. The van der Waals surface area contributed by atoms with E-state index in [0.29, 0.717) is 5.56 Å². The molecule has 0 bridgehead atoms. The molecule has 0 amide bonds. The second kappa shape index (κ2) is 3.70. The number of aromatic nitrogens is 3. The lowest BCUT2D eigenvalue weighted by molar-refractivity contribution is 0.112. The van der Waals surface area contributed by atoms with Crippen LogP contribution in [0.3, 0.4) is 0 Å². The smallest absolute Gasteiger partial charge is 0.156 e. The largest absolute Gasteiger partial charge is 0.298 e. The van der Waals surface area contributed by atoms with Crippen LogP contribution in [0.5, 0.6) is 0 Å². The topological polar surface area (TPSA) is 47.3 Å². The van der Waals surface area contributed by atoms with E-state index in [9.17, 15) is 4.79 Å². The summed E-state index contributed by atoms with van der Waals surface area (Å²) in [6, 6.07) is 3.47. The normalized spacial score (nSPS) is 11.9. The maximum atomic E-state index is 10.6. The van der Waals surface area contributed by atoms with E-state index in [-0.39, 0.29) is 5.41 Å². The van der Waals surface area contributed by atoms with Gasteiger partial charge in [-0.25, -0.2) is 9.50 Å². The fraction of sp³-hybridized carbons (Fsp3) is 0.417. The summed E-state index contributed by atoms with van der Waals surface area (Å²) in [5, 5.41) is 4.36. The Morgan fingerprint density at radius 3 is 2.81 bits per heavy atom. The van der Waals surface area contributed by atoms with Gasteiger partial charge in [0.15, 0.2) is 11.5 Å². The van der Waals surface area contributed by atoms with Crippen LogP contribution in [0.2, 0.25) is 0 Å². The van der Waals surface area contributed by atoms with Crippen molar-refractivity contribution in [3.05, 3.63) is 29.7 Å². The van der Waals surface area contributed by atoms with Crippen LogP contribution in [0.25, 0.3) is 5.65 Å². The van der Waals surface area contributed by atoms with Gasteiger partial charge in [0.2, 0.25) is 0 Å². The van der Waals surface area contributed by atoms with E-state index in [1.54, 1.807) is 22.8 Å². The molecule has 2 aromatic rings. The summed E-state index contributed by atoms with van der Waals surface area (Å²) < 4.78 is 1.70. The molecular weight excluding hydrogens is 202 g/mol. The number of hydrogen-bond acceptors (Lipinski definition) is 3. The Hall–Kier alpha value is -1.71. The second-order valence-corrected chi connectivity index (χ2v) is 5.15. The number of nitrogens with zero attached hydrogens (tertiary/aromatic N) is 3. The third-order valence-corrected chi connectivity index (χ3v) is 2.23. The molecule has 0 N–H and O–H groups in total. The molecule has 0 saturated heterocycles. The zero-order valence-electron chi connectivity index (χ0n) is 9.77. The highest BCUT2D eigenvalue weighted by atomic mass is 16.1. The SMILES string of the molecule is CC(C)(C)Cc1nc2cc(C=O)ccn2n1. The van der Waals surface area contributed by atoms with Crippen LogP contribution < -0.4 is 0 Å². The van der Waals surface area contributed by atoms with Gasteiger partial charge in [0, 0.05) is 18.2 Å². The van der Waals surface area contributed by atoms with Gasteiger partial charge in [-0.1, -0.05) is 20.8 Å². The van der Waals surface area contributed by atoms with Crippen molar-refractivity contribution in [3.8, 4) is 0 Å². The second-order valence-electron chi connectivity index (χ2n) is 5.15. The molecule has 0 aliphatic rings. The number of fused-ring (bicyclic) bond motifs is 1. The highest BCUT2D eigenvalue weighted by molar-refractivity contribution is 5.76. The van der Waals surface area contributed by atoms with Gasteiger partial charge in [0.05, 0.1) is 0 Å². The summed E-state index contributed by atoms with van der Waals surface area (Å²) in [4.78, 5) is 15.0. The van der Waals surface area contributed by atoms with E-state index in [4.69, 9.17) is 0 Å². The van der Waals surface area contributed by atoms with Gasteiger partial charge in [-0.15, -0.1) is 0 Å². The number of rotatable bonds is 2. The molecule has 0 radical (unpaired) electrons. The number of hydrogen-bond donors (Lipinski definition) is 0. The molecule has 4 nitrogen and oxygen atoms in total. The van der Waals surface area contributed by atoms with Crippen LogP contribution in [0.15, 0.2) is 18.3 Å². The van der Waals surface area contributed by atoms with E-state index in [1.807, 2.05) is 0 Å². The van der Waals surface area contributed by atoms with Crippen molar-refractivity contribution in [2.45, 2.75) is 27.2 Å². The van der Waals surface area contributed by atoms with Crippen molar-refractivity contribution in [1.82, 2.24) is 14.6 Å². The number of carbonyl (C=O) groups excluding carboxylic acids is 1. The van der Waals surface area contributed by atoms with E-state index in [1.165, 1.54) is 0 Å². The van der Waals surface area contributed by atoms with Gasteiger partial charge >= 0.3 is 0 Å². The molecule has 0 atom stereocenters.